The van der Waals surface area contributed by atoms with Crippen LogP contribution in [0.25, 0.3) is 0 Å². The van der Waals surface area contributed by atoms with Crippen molar-refractivity contribution in [3.63, 3.8) is 0 Å². The highest BCUT2D eigenvalue weighted by Gasteiger charge is 2.34. The molecule has 1 aliphatic rings. The summed E-state index contributed by atoms with van der Waals surface area (Å²) >= 11 is 5.87. The molecule has 1 aliphatic carbocycles. The number of halogens is 1. The molecular formula is C19H19ClO3. The lowest BCUT2D eigenvalue weighted by Crippen LogP contribution is -2.27. The first-order valence-corrected chi connectivity index (χ1v) is 8.38. The molecule has 23 heavy (non-hydrogen) atoms. The number of furan rings is 1. The predicted octanol–water partition coefficient (Wildman–Crippen LogP) is 5.05. The van der Waals surface area contributed by atoms with Gasteiger partial charge in [0.25, 0.3) is 0 Å². The second-order valence-electron chi connectivity index (χ2n) is 6.07. The highest BCUT2D eigenvalue weighted by molar-refractivity contribution is 6.30. The van der Waals surface area contributed by atoms with Gasteiger partial charge in [-0.15, -0.1) is 0 Å². The zero-order valence-corrected chi connectivity index (χ0v) is 13.6. The van der Waals surface area contributed by atoms with Crippen LogP contribution >= 0.6 is 11.6 Å². The lowest BCUT2D eigenvalue weighted by atomic mass is 9.75. The van der Waals surface area contributed by atoms with Crippen LogP contribution in [-0.2, 0) is 4.79 Å². The summed E-state index contributed by atoms with van der Waals surface area (Å²) in [7, 11) is 0. The molecule has 0 radical (unpaired) electrons. The minimum atomic E-state index is -0.180. The van der Waals surface area contributed by atoms with Crippen molar-refractivity contribution in [1.82, 2.24) is 0 Å². The number of ketones is 2. The number of rotatable bonds is 5. The fourth-order valence-electron chi connectivity index (χ4n) is 3.33. The zero-order chi connectivity index (χ0) is 16.2. The first-order valence-electron chi connectivity index (χ1n) is 8.00. The molecule has 1 saturated carbocycles. The summed E-state index contributed by atoms with van der Waals surface area (Å²) < 4.78 is 5.53. The Balaban J connectivity index is 1.82. The van der Waals surface area contributed by atoms with E-state index in [-0.39, 0.29) is 29.8 Å². The zero-order valence-electron chi connectivity index (χ0n) is 12.8. The average molecular weight is 331 g/mol. The topological polar surface area (TPSA) is 47.3 Å². The molecule has 0 unspecified atom stereocenters. The molecule has 2 aromatic rings. The smallest absolute Gasteiger partial charge is 0.163 e. The summed E-state index contributed by atoms with van der Waals surface area (Å²) in [6.45, 7) is 0. The fourth-order valence-corrected chi connectivity index (χ4v) is 3.46. The van der Waals surface area contributed by atoms with E-state index in [1.54, 1.807) is 30.5 Å². The Morgan fingerprint density at radius 2 is 2.00 bits per heavy atom. The van der Waals surface area contributed by atoms with Crippen molar-refractivity contribution in [2.24, 2.45) is 5.92 Å². The minimum Gasteiger partial charge on any atom is -0.469 e. The monoisotopic (exact) mass is 330 g/mol. The second-order valence-corrected chi connectivity index (χ2v) is 6.51. The van der Waals surface area contributed by atoms with Gasteiger partial charge in [0, 0.05) is 35.3 Å². The van der Waals surface area contributed by atoms with Crippen LogP contribution < -0.4 is 0 Å². The third kappa shape index (κ3) is 3.73. The van der Waals surface area contributed by atoms with E-state index in [4.69, 9.17) is 16.0 Å². The van der Waals surface area contributed by atoms with Crippen LogP contribution in [0.3, 0.4) is 0 Å². The molecular weight excluding hydrogens is 312 g/mol. The Morgan fingerprint density at radius 3 is 2.65 bits per heavy atom. The quantitative estimate of drug-likeness (QED) is 0.721. The van der Waals surface area contributed by atoms with Gasteiger partial charge in [0.05, 0.1) is 6.26 Å². The molecule has 0 amide bonds. The number of carbonyl (C=O) groups excluding carboxylic acids is 2. The minimum absolute atomic E-state index is 0.0152. The van der Waals surface area contributed by atoms with Crippen molar-refractivity contribution in [3.05, 3.63) is 59.0 Å². The Kier molecular flexibility index (Phi) is 4.97. The number of hydrogen-bond donors (Lipinski definition) is 0. The van der Waals surface area contributed by atoms with E-state index < -0.39 is 0 Å². The van der Waals surface area contributed by atoms with Crippen LogP contribution in [0.5, 0.6) is 0 Å². The van der Waals surface area contributed by atoms with Gasteiger partial charge in [-0.3, -0.25) is 9.59 Å². The summed E-state index contributed by atoms with van der Waals surface area (Å²) in [5.41, 5.74) is 0.620. The molecule has 3 rings (SSSR count). The van der Waals surface area contributed by atoms with E-state index in [1.165, 1.54) is 0 Å². The lowest BCUT2D eigenvalue weighted by molar-refractivity contribution is -0.125. The van der Waals surface area contributed by atoms with E-state index in [1.807, 2.05) is 12.1 Å². The Bertz CT molecular complexity index is 673. The van der Waals surface area contributed by atoms with Crippen molar-refractivity contribution in [3.8, 4) is 0 Å². The number of hydrogen-bond acceptors (Lipinski definition) is 3. The molecule has 120 valence electrons. The Labute approximate surface area is 140 Å². The van der Waals surface area contributed by atoms with Gasteiger partial charge >= 0.3 is 0 Å². The van der Waals surface area contributed by atoms with Crippen LogP contribution in [0.2, 0.25) is 5.02 Å². The second kappa shape index (κ2) is 7.14. The molecule has 3 nitrogen and oxygen atoms in total. The van der Waals surface area contributed by atoms with Crippen molar-refractivity contribution in [2.75, 3.05) is 0 Å². The van der Waals surface area contributed by atoms with Gasteiger partial charge in [-0.2, -0.15) is 0 Å². The highest BCUT2D eigenvalue weighted by atomic mass is 35.5. The molecule has 0 spiro atoms. The third-order valence-electron chi connectivity index (χ3n) is 4.57. The summed E-state index contributed by atoms with van der Waals surface area (Å²) in [6.07, 6.45) is 5.30. The van der Waals surface area contributed by atoms with Crippen LogP contribution in [0.15, 0.2) is 47.1 Å². The normalized spacial score (nSPS) is 19.5. The number of benzene rings is 1. The molecule has 2 atom stereocenters. The summed E-state index contributed by atoms with van der Waals surface area (Å²) in [6, 6.07) is 10.5. The third-order valence-corrected chi connectivity index (χ3v) is 4.82. The molecule has 4 heteroatoms. The van der Waals surface area contributed by atoms with Gasteiger partial charge in [0.15, 0.2) is 5.78 Å². The number of carbonyl (C=O) groups is 2. The van der Waals surface area contributed by atoms with Crippen molar-refractivity contribution < 1.29 is 14.0 Å². The lowest BCUT2D eigenvalue weighted by Gasteiger charge is -2.27. The van der Waals surface area contributed by atoms with Gasteiger partial charge in [0.2, 0.25) is 0 Å². The van der Waals surface area contributed by atoms with E-state index >= 15 is 0 Å². The van der Waals surface area contributed by atoms with Gasteiger partial charge in [-0.25, -0.2) is 0 Å². The molecule has 0 aliphatic heterocycles. The maximum absolute atomic E-state index is 12.6. The van der Waals surface area contributed by atoms with Crippen LogP contribution in [-0.4, -0.2) is 11.6 Å². The van der Waals surface area contributed by atoms with Crippen molar-refractivity contribution in [1.29, 1.82) is 0 Å². The standard InChI is InChI=1S/C19H19ClO3/c20-14-9-7-13(8-10-14)18(22)12-16(19-6-3-11-23-19)15-4-1-2-5-17(15)21/h3,6-11,15-16H,1-2,4-5,12H2/t15-,16-/m1/s1. The Hall–Kier alpha value is -1.87. The van der Waals surface area contributed by atoms with Crippen LogP contribution in [0, 0.1) is 5.92 Å². The van der Waals surface area contributed by atoms with E-state index in [0.717, 1.165) is 25.0 Å². The van der Waals surface area contributed by atoms with E-state index in [9.17, 15) is 9.59 Å². The molecule has 1 aromatic heterocycles. The molecule has 0 saturated heterocycles. The van der Waals surface area contributed by atoms with Crippen LogP contribution in [0.4, 0.5) is 0 Å². The summed E-state index contributed by atoms with van der Waals surface area (Å²) in [4.78, 5) is 24.9. The van der Waals surface area contributed by atoms with E-state index in [0.29, 0.717) is 17.0 Å². The molecule has 0 bridgehead atoms. The maximum Gasteiger partial charge on any atom is 0.163 e. The fraction of sp³-hybridized carbons (Fsp3) is 0.368. The first kappa shape index (κ1) is 16.0. The molecule has 1 heterocycles. The number of Topliss-reactive ketones (excluding diaryl/α,β-unsaturated/α-hetero) is 2. The first-order chi connectivity index (χ1) is 11.1. The van der Waals surface area contributed by atoms with Gasteiger partial charge in [0.1, 0.15) is 11.5 Å². The average Bonchev–Trinajstić information content (AvgIpc) is 3.08. The summed E-state index contributed by atoms with van der Waals surface area (Å²) in [5, 5.41) is 0.603. The van der Waals surface area contributed by atoms with Crippen molar-refractivity contribution in [2.45, 2.75) is 38.0 Å². The molecule has 1 fully saturated rings. The predicted molar refractivity (Wildman–Crippen MR) is 88.8 cm³/mol. The van der Waals surface area contributed by atoms with Gasteiger partial charge in [-0.05, 0) is 49.2 Å². The maximum atomic E-state index is 12.6. The van der Waals surface area contributed by atoms with Crippen molar-refractivity contribution >= 4 is 23.2 Å². The molecule has 0 N–H and O–H groups in total. The van der Waals surface area contributed by atoms with Gasteiger partial charge < -0.3 is 4.42 Å². The molecule has 1 aromatic carbocycles. The largest absolute Gasteiger partial charge is 0.469 e. The highest BCUT2D eigenvalue weighted by Crippen LogP contribution is 2.37. The van der Waals surface area contributed by atoms with E-state index in [2.05, 4.69) is 0 Å². The van der Waals surface area contributed by atoms with Gasteiger partial charge in [-0.1, -0.05) is 18.0 Å². The SMILES string of the molecule is O=C(C[C@@H](c1ccco1)[C@H]1CCCCC1=O)c1ccc(Cl)cc1. The Morgan fingerprint density at radius 1 is 1.22 bits per heavy atom. The summed E-state index contributed by atoms with van der Waals surface area (Å²) in [5.74, 6) is 0.697. The van der Waals surface area contributed by atoms with Crippen LogP contribution in [0.1, 0.15) is 54.1 Å².